The molecule has 0 spiro atoms. The van der Waals surface area contributed by atoms with Crippen LogP contribution in [0, 0.1) is 0 Å². The van der Waals surface area contributed by atoms with Gasteiger partial charge in [-0.2, -0.15) is 0 Å². The molecule has 1 atom stereocenters. The average molecular weight is 317 g/mol. The van der Waals surface area contributed by atoms with Crippen molar-refractivity contribution >= 4 is 28.6 Å². The zero-order chi connectivity index (χ0) is 14.4. The van der Waals surface area contributed by atoms with Crippen molar-refractivity contribution in [2.24, 2.45) is 0 Å². The summed E-state index contributed by atoms with van der Waals surface area (Å²) in [6.45, 7) is 3.03. The van der Waals surface area contributed by atoms with Gasteiger partial charge in [-0.15, -0.1) is 22.7 Å². The molecule has 0 N–H and O–H groups in total. The van der Waals surface area contributed by atoms with Gasteiger partial charge in [0.25, 0.3) is 5.91 Å². The maximum Gasteiger partial charge on any atom is 0.255 e. The second-order valence-electron chi connectivity index (χ2n) is 5.98. The van der Waals surface area contributed by atoms with Gasteiger partial charge in [0.1, 0.15) is 0 Å². The van der Waals surface area contributed by atoms with E-state index in [0.717, 1.165) is 31.4 Å². The fraction of sp³-hybridized carbons (Fsp3) is 0.471. The molecule has 2 nitrogen and oxygen atoms in total. The fourth-order valence-electron chi connectivity index (χ4n) is 3.61. The Labute approximate surface area is 133 Å². The van der Waals surface area contributed by atoms with Crippen LogP contribution >= 0.6 is 22.7 Å². The Bertz CT molecular complexity index is 685. The van der Waals surface area contributed by atoms with Crippen LogP contribution in [0.5, 0.6) is 0 Å². The number of carbonyl (C=O) groups excluding carboxylic acids is 1. The summed E-state index contributed by atoms with van der Waals surface area (Å²) in [7, 11) is 0. The number of carbonyl (C=O) groups is 1. The third-order valence-corrected chi connectivity index (χ3v) is 6.91. The van der Waals surface area contributed by atoms with E-state index >= 15 is 0 Å². The lowest BCUT2D eigenvalue weighted by Crippen LogP contribution is -2.38. The van der Waals surface area contributed by atoms with Gasteiger partial charge in [0.05, 0.1) is 11.6 Å². The number of thiophene rings is 2. The Balaban J connectivity index is 1.65. The SMILES string of the molecule is CC1c2ccsc2CCN1C(=O)c1csc2c1CCCC2. The van der Waals surface area contributed by atoms with Crippen molar-refractivity contribution in [3.05, 3.63) is 43.3 Å². The molecule has 1 amide bonds. The van der Waals surface area contributed by atoms with Gasteiger partial charge in [-0.05, 0) is 61.6 Å². The largest absolute Gasteiger partial charge is 0.331 e. The molecule has 2 aromatic heterocycles. The van der Waals surface area contributed by atoms with Crippen molar-refractivity contribution in [1.82, 2.24) is 4.90 Å². The minimum absolute atomic E-state index is 0.214. The lowest BCUT2D eigenvalue weighted by Gasteiger charge is -2.34. The molecule has 4 heteroatoms. The standard InChI is InChI=1S/C17H19NOS2/c1-11-12-7-9-20-16(12)6-8-18(11)17(19)14-10-21-15-5-3-2-4-13(14)15/h7,9-11H,2-6,8H2,1H3. The molecule has 0 radical (unpaired) electrons. The van der Waals surface area contributed by atoms with E-state index in [1.165, 1.54) is 33.7 Å². The third-order valence-electron chi connectivity index (χ3n) is 4.83. The summed E-state index contributed by atoms with van der Waals surface area (Å²) < 4.78 is 0. The highest BCUT2D eigenvalue weighted by atomic mass is 32.1. The van der Waals surface area contributed by atoms with Gasteiger partial charge in [0, 0.05) is 21.7 Å². The molecular weight excluding hydrogens is 298 g/mol. The summed E-state index contributed by atoms with van der Waals surface area (Å²) in [4.78, 5) is 18.0. The second kappa shape index (κ2) is 5.25. The van der Waals surface area contributed by atoms with E-state index in [0.29, 0.717) is 0 Å². The van der Waals surface area contributed by atoms with Crippen molar-refractivity contribution in [3.63, 3.8) is 0 Å². The third kappa shape index (κ3) is 2.16. The molecule has 21 heavy (non-hydrogen) atoms. The normalized spacial score (nSPS) is 21.0. The first-order chi connectivity index (χ1) is 10.3. The van der Waals surface area contributed by atoms with Crippen LogP contribution in [0.15, 0.2) is 16.8 Å². The van der Waals surface area contributed by atoms with Crippen LogP contribution < -0.4 is 0 Å². The van der Waals surface area contributed by atoms with E-state index in [1.807, 2.05) is 11.3 Å². The highest BCUT2D eigenvalue weighted by molar-refractivity contribution is 7.10. The maximum atomic E-state index is 13.0. The molecule has 1 unspecified atom stereocenters. The molecule has 0 aromatic carbocycles. The minimum Gasteiger partial charge on any atom is -0.331 e. The van der Waals surface area contributed by atoms with Crippen LogP contribution in [-0.2, 0) is 19.3 Å². The Kier molecular flexibility index (Phi) is 3.38. The van der Waals surface area contributed by atoms with Gasteiger partial charge in [0.2, 0.25) is 0 Å². The molecule has 2 aliphatic rings. The topological polar surface area (TPSA) is 20.3 Å². The van der Waals surface area contributed by atoms with E-state index in [1.54, 1.807) is 11.3 Å². The van der Waals surface area contributed by atoms with Gasteiger partial charge < -0.3 is 4.90 Å². The number of aryl methyl sites for hydroxylation is 1. The van der Waals surface area contributed by atoms with Gasteiger partial charge in [-0.3, -0.25) is 4.79 Å². The predicted molar refractivity (Wildman–Crippen MR) is 88.4 cm³/mol. The number of nitrogens with zero attached hydrogens (tertiary/aromatic N) is 1. The number of rotatable bonds is 1. The molecule has 3 heterocycles. The summed E-state index contributed by atoms with van der Waals surface area (Å²) in [5, 5.41) is 4.26. The number of fused-ring (bicyclic) bond motifs is 2. The first-order valence-electron chi connectivity index (χ1n) is 7.72. The molecule has 0 saturated heterocycles. The van der Waals surface area contributed by atoms with Crippen molar-refractivity contribution in [3.8, 4) is 0 Å². The lowest BCUT2D eigenvalue weighted by molar-refractivity contribution is 0.0678. The summed E-state index contributed by atoms with van der Waals surface area (Å²) in [5.41, 5.74) is 3.68. The summed E-state index contributed by atoms with van der Waals surface area (Å²) in [6.07, 6.45) is 5.77. The highest BCUT2D eigenvalue weighted by Gasteiger charge is 2.31. The molecular formula is C17H19NOS2. The Morgan fingerprint density at radius 3 is 2.95 bits per heavy atom. The van der Waals surface area contributed by atoms with Crippen LogP contribution in [0.4, 0.5) is 0 Å². The molecule has 110 valence electrons. The first kappa shape index (κ1) is 13.5. The van der Waals surface area contributed by atoms with Gasteiger partial charge in [0.15, 0.2) is 0 Å². The Hall–Kier alpha value is -1.13. The molecule has 2 aromatic rings. The lowest BCUT2D eigenvalue weighted by atomic mass is 9.94. The molecule has 0 bridgehead atoms. The molecule has 0 fully saturated rings. The molecule has 1 aliphatic carbocycles. The van der Waals surface area contributed by atoms with Crippen LogP contribution in [0.25, 0.3) is 0 Å². The molecule has 1 aliphatic heterocycles. The molecule has 4 rings (SSSR count). The van der Waals surface area contributed by atoms with Crippen molar-refractivity contribution in [1.29, 1.82) is 0 Å². The smallest absolute Gasteiger partial charge is 0.255 e. The number of amides is 1. The second-order valence-corrected chi connectivity index (χ2v) is 7.95. The van der Waals surface area contributed by atoms with Crippen LogP contribution in [-0.4, -0.2) is 17.4 Å². The molecule has 0 saturated carbocycles. The first-order valence-corrected chi connectivity index (χ1v) is 9.48. The maximum absolute atomic E-state index is 13.0. The van der Waals surface area contributed by atoms with Gasteiger partial charge in [-0.1, -0.05) is 0 Å². The number of hydrogen-bond acceptors (Lipinski definition) is 3. The quantitative estimate of drug-likeness (QED) is 0.761. The minimum atomic E-state index is 0.214. The van der Waals surface area contributed by atoms with Crippen molar-refractivity contribution < 1.29 is 4.79 Å². The van der Waals surface area contributed by atoms with Crippen molar-refractivity contribution in [2.75, 3.05) is 6.54 Å². The zero-order valence-electron chi connectivity index (χ0n) is 12.2. The van der Waals surface area contributed by atoms with Crippen molar-refractivity contribution in [2.45, 2.75) is 45.1 Å². The zero-order valence-corrected chi connectivity index (χ0v) is 13.9. The van der Waals surface area contributed by atoms with Gasteiger partial charge in [-0.25, -0.2) is 0 Å². The van der Waals surface area contributed by atoms with Crippen LogP contribution in [0.3, 0.4) is 0 Å². The van der Waals surface area contributed by atoms with E-state index in [-0.39, 0.29) is 11.9 Å². The van der Waals surface area contributed by atoms with E-state index in [2.05, 4.69) is 28.7 Å². The summed E-state index contributed by atoms with van der Waals surface area (Å²) in [5.74, 6) is 0.249. The predicted octanol–water partition coefficient (Wildman–Crippen LogP) is 4.45. The fourth-order valence-corrected chi connectivity index (χ4v) is 5.70. The average Bonchev–Trinajstić information content (AvgIpc) is 3.14. The monoisotopic (exact) mass is 317 g/mol. The summed E-state index contributed by atoms with van der Waals surface area (Å²) >= 11 is 3.61. The van der Waals surface area contributed by atoms with Crippen LogP contribution in [0.2, 0.25) is 0 Å². The highest BCUT2D eigenvalue weighted by Crippen LogP contribution is 2.36. The van der Waals surface area contributed by atoms with Gasteiger partial charge >= 0.3 is 0 Å². The van der Waals surface area contributed by atoms with E-state index in [4.69, 9.17) is 0 Å². The summed E-state index contributed by atoms with van der Waals surface area (Å²) in [6, 6.07) is 2.40. The van der Waals surface area contributed by atoms with E-state index in [9.17, 15) is 4.79 Å². The number of hydrogen-bond donors (Lipinski definition) is 0. The Morgan fingerprint density at radius 1 is 1.19 bits per heavy atom. The Morgan fingerprint density at radius 2 is 2.05 bits per heavy atom. The van der Waals surface area contributed by atoms with E-state index < -0.39 is 0 Å². The van der Waals surface area contributed by atoms with Crippen LogP contribution in [0.1, 0.15) is 57.0 Å².